The summed E-state index contributed by atoms with van der Waals surface area (Å²) in [6.45, 7) is 5.14. The lowest BCUT2D eigenvalue weighted by atomic mass is 10.0. The molecule has 0 radical (unpaired) electrons. The first-order valence-electron chi connectivity index (χ1n) is 19.1. The summed E-state index contributed by atoms with van der Waals surface area (Å²) in [6.07, 6.45) is -3.49. The molecule has 59 heavy (non-hydrogen) atoms. The number of halogens is 3. The highest BCUT2D eigenvalue weighted by Crippen LogP contribution is 2.34. The summed E-state index contributed by atoms with van der Waals surface area (Å²) in [5, 5.41) is 6.71. The molecular weight excluding hydrogens is 766 g/mol. The van der Waals surface area contributed by atoms with Crippen molar-refractivity contribution in [2.45, 2.75) is 44.6 Å². The molecule has 0 bridgehead atoms. The lowest BCUT2D eigenvalue weighted by molar-refractivity contribution is -0.138. The number of likely N-dealkylation sites (N-methyl/N-ethyl adjacent to an activating group) is 1. The first-order chi connectivity index (χ1) is 28.3. The van der Waals surface area contributed by atoms with Crippen LogP contribution >= 0.6 is 0 Å². The number of pyridine rings is 1. The average molecular weight is 807 g/mol. The van der Waals surface area contributed by atoms with Gasteiger partial charge in [-0.2, -0.15) is 13.2 Å². The van der Waals surface area contributed by atoms with E-state index in [2.05, 4.69) is 20.4 Å². The monoisotopic (exact) mass is 806 g/mol. The van der Waals surface area contributed by atoms with Gasteiger partial charge in [-0.25, -0.2) is 0 Å². The Bertz CT molecular complexity index is 2420. The molecule has 3 heterocycles. The smallest absolute Gasteiger partial charge is 0.416 e. The van der Waals surface area contributed by atoms with Crippen molar-refractivity contribution in [3.63, 3.8) is 0 Å². The maximum Gasteiger partial charge on any atom is 0.416 e. The number of nitrogens with one attached hydrogen (secondary N) is 2. The summed E-state index contributed by atoms with van der Waals surface area (Å²) < 4.78 is 44.9. The quantitative estimate of drug-likeness (QED) is 0.112. The second-order valence-electron chi connectivity index (χ2n) is 14.6. The van der Waals surface area contributed by atoms with E-state index in [0.29, 0.717) is 61.4 Å². The number of hydrogen-bond acceptors (Lipinski definition) is 9. The summed E-state index contributed by atoms with van der Waals surface area (Å²) in [4.78, 5) is 73.4. The predicted octanol–water partition coefficient (Wildman–Crippen LogP) is 6.55. The Balaban J connectivity index is 0.945. The number of imide groups is 1. The molecule has 0 saturated carbocycles. The van der Waals surface area contributed by atoms with E-state index in [-0.39, 0.29) is 41.5 Å². The molecule has 304 valence electrons. The standard InChI is InChI=1S/C44H41F3N6O6/c1-27(48-41(56)29-10-16-35-28(23-29)5-3-8-39(35)59-34-14-11-31(12-15-34)44(45,46)47)37-7-4-6-32(49-37)25-52-19-21-53(22-20-52)33-13-9-30(26-54)36(24-33)43(58)51(2)38-17-18-40(55)50-42(38)57/h3-16,23-24,26-27,38H,17-22,25H2,1-2H3,(H,48,56)(H,50,55,57). The second-order valence-corrected chi connectivity index (χ2v) is 14.6. The average Bonchev–Trinajstić information content (AvgIpc) is 3.23. The molecule has 1 aromatic heterocycles. The number of piperazine rings is 1. The van der Waals surface area contributed by atoms with E-state index in [1.165, 1.54) is 24.1 Å². The number of nitrogens with zero attached hydrogens (tertiary/aromatic N) is 4. The van der Waals surface area contributed by atoms with E-state index in [1.54, 1.807) is 48.5 Å². The Morgan fingerprint density at radius 2 is 1.71 bits per heavy atom. The molecule has 12 nitrogen and oxygen atoms in total. The van der Waals surface area contributed by atoms with Crippen LogP contribution in [0.25, 0.3) is 10.8 Å². The number of benzene rings is 4. The highest BCUT2D eigenvalue weighted by Gasteiger charge is 2.34. The number of aromatic nitrogens is 1. The molecule has 7 rings (SSSR count). The summed E-state index contributed by atoms with van der Waals surface area (Å²) >= 11 is 0. The molecule has 2 N–H and O–H groups in total. The minimum absolute atomic E-state index is 0.127. The van der Waals surface area contributed by atoms with Crippen molar-refractivity contribution in [2.75, 3.05) is 38.1 Å². The van der Waals surface area contributed by atoms with Crippen LogP contribution in [0.3, 0.4) is 0 Å². The van der Waals surface area contributed by atoms with Gasteiger partial charge in [0.15, 0.2) is 6.29 Å². The number of ether oxygens (including phenoxy) is 1. The maximum absolute atomic E-state index is 13.5. The summed E-state index contributed by atoms with van der Waals surface area (Å²) in [5.41, 5.74) is 2.36. The fourth-order valence-corrected chi connectivity index (χ4v) is 7.31. The molecule has 5 aromatic rings. The van der Waals surface area contributed by atoms with Crippen LogP contribution in [0.15, 0.2) is 97.1 Å². The van der Waals surface area contributed by atoms with Gasteiger partial charge in [-0.15, -0.1) is 0 Å². The van der Waals surface area contributed by atoms with Gasteiger partial charge in [0, 0.05) is 68.4 Å². The maximum atomic E-state index is 13.5. The highest BCUT2D eigenvalue weighted by atomic mass is 19.4. The molecule has 2 unspecified atom stereocenters. The second kappa shape index (κ2) is 17.1. The van der Waals surface area contributed by atoms with Crippen LogP contribution in [0.5, 0.6) is 11.5 Å². The van der Waals surface area contributed by atoms with Gasteiger partial charge in [0.1, 0.15) is 17.5 Å². The molecule has 2 aliphatic heterocycles. The van der Waals surface area contributed by atoms with Gasteiger partial charge < -0.3 is 19.9 Å². The number of piperidine rings is 1. The largest absolute Gasteiger partial charge is 0.457 e. The van der Waals surface area contributed by atoms with Gasteiger partial charge in [0.05, 0.1) is 28.6 Å². The molecule has 0 spiro atoms. The third-order valence-electron chi connectivity index (χ3n) is 10.6. The first kappa shape index (κ1) is 40.6. The Kier molecular flexibility index (Phi) is 11.8. The summed E-state index contributed by atoms with van der Waals surface area (Å²) in [6, 6.07) is 24.5. The van der Waals surface area contributed by atoms with Gasteiger partial charge in [0.25, 0.3) is 11.8 Å². The van der Waals surface area contributed by atoms with Crippen molar-refractivity contribution in [1.82, 2.24) is 25.4 Å². The summed E-state index contributed by atoms with van der Waals surface area (Å²) in [7, 11) is 1.50. The van der Waals surface area contributed by atoms with Crippen LogP contribution < -0.4 is 20.3 Å². The van der Waals surface area contributed by atoms with Gasteiger partial charge in [-0.05, 0) is 97.6 Å². The van der Waals surface area contributed by atoms with E-state index in [1.807, 2.05) is 31.2 Å². The molecule has 4 aromatic carbocycles. The minimum atomic E-state index is -4.45. The van der Waals surface area contributed by atoms with Crippen molar-refractivity contribution in [3.8, 4) is 11.5 Å². The third kappa shape index (κ3) is 9.25. The van der Waals surface area contributed by atoms with Crippen molar-refractivity contribution in [1.29, 1.82) is 0 Å². The number of anilines is 1. The van der Waals surface area contributed by atoms with Crippen molar-refractivity contribution in [2.24, 2.45) is 0 Å². The topological polar surface area (TPSA) is 141 Å². The van der Waals surface area contributed by atoms with Crippen LogP contribution in [-0.4, -0.2) is 84.0 Å². The van der Waals surface area contributed by atoms with Crippen molar-refractivity contribution < 1.29 is 41.9 Å². The van der Waals surface area contributed by atoms with E-state index in [9.17, 15) is 37.1 Å². The van der Waals surface area contributed by atoms with Crippen molar-refractivity contribution >= 4 is 46.4 Å². The third-order valence-corrected chi connectivity index (χ3v) is 10.6. The number of rotatable bonds is 11. The number of alkyl halides is 3. The molecule has 15 heteroatoms. The Morgan fingerprint density at radius 3 is 2.42 bits per heavy atom. The van der Waals surface area contributed by atoms with E-state index < -0.39 is 35.6 Å². The molecular formula is C44H41F3N6O6. The highest BCUT2D eigenvalue weighted by molar-refractivity contribution is 6.06. The van der Waals surface area contributed by atoms with Crippen molar-refractivity contribution in [3.05, 3.63) is 131 Å². The number of hydrogen-bond donors (Lipinski definition) is 2. The minimum Gasteiger partial charge on any atom is -0.457 e. The zero-order chi connectivity index (χ0) is 41.8. The fourth-order valence-electron chi connectivity index (χ4n) is 7.31. The van der Waals surface area contributed by atoms with Crippen LogP contribution in [0.2, 0.25) is 0 Å². The first-order valence-corrected chi connectivity index (χ1v) is 19.1. The van der Waals surface area contributed by atoms with Gasteiger partial charge >= 0.3 is 6.18 Å². The van der Waals surface area contributed by atoms with E-state index in [0.717, 1.165) is 28.9 Å². The van der Waals surface area contributed by atoms with Crippen LogP contribution in [0.1, 0.15) is 73.8 Å². The van der Waals surface area contributed by atoms with Gasteiger partial charge in [0.2, 0.25) is 11.8 Å². The Hall–Kier alpha value is -6.61. The van der Waals surface area contributed by atoms with Crippen LogP contribution in [0.4, 0.5) is 18.9 Å². The fraction of sp³-hybridized carbons (Fsp3) is 0.273. The lowest BCUT2D eigenvalue weighted by Gasteiger charge is -2.36. The normalized spacial score (nSPS) is 16.6. The van der Waals surface area contributed by atoms with Crippen LogP contribution in [0, 0.1) is 0 Å². The SMILES string of the molecule is CC(NC(=O)c1ccc2c(Oc3ccc(C(F)(F)F)cc3)cccc2c1)c1cccc(CN2CCN(c3ccc(C=O)c(C(=O)N(C)C4CCC(=O)NC4=O)c3)CC2)n1. The van der Waals surface area contributed by atoms with Gasteiger partial charge in [-0.1, -0.05) is 18.2 Å². The number of carbonyl (C=O) groups is 5. The molecule has 2 aliphatic rings. The number of fused-ring (bicyclic) bond motifs is 1. The molecule has 4 amide bonds. The predicted molar refractivity (Wildman–Crippen MR) is 213 cm³/mol. The Morgan fingerprint density at radius 1 is 0.966 bits per heavy atom. The molecule has 2 fully saturated rings. The lowest BCUT2D eigenvalue weighted by Crippen LogP contribution is -2.53. The van der Waals surface area contributed by atoms with Gasteiger partial charge in [-0.3, -0.25) is 39.2 Å². The molecule has 2 saturated heterocycles. The van der Waals surface area contributed by atoms with Crippen LogP contribution in [-0.2, 0) is 22.3 Å². The zero-order valence-corrected chi connectivity index (χ0v) is 32.3. The summed E-state index contributed by atoms with van der Waals surface area (Å²) in [5.74, 6) is -0.996. The van der Waals surface area contributed by atoms with E-state index in [4.69, 9.17) is 9.72 Å². The zero-order valence-electron chi connectivity index (χ0n) is 32.3. The molecule has 0 aliphatic carbocycles. The number of amides is 4. The number of carbonyl (C=O) groups excluding carboxylic acids is 5. The number of aldehydes is 1. The van der Waals surface area contributed by atoms with E-state index >= 15 is 0 Å². The molecule has 2 atom stereocenters. The Labute approximate surface area is 337 Å².